The largest absolute Gasteiger partial charge is 0.497 e. The number of amides is 1. The number of rotatable bonds is 7. The maximum absolute atomic E-state index is 12.8. The summed E-state index contributed by atoms with van der Waals surface area (Å²) in [6, 6.07) is 11.9. The van der Waals surface area contributed by atoms with E-state index in [0.29, 0.717) is 30.2 Å². The van der Waals surface area contributed by atoms with Crippen molar-refractivity contribution >= 4 is 21.6 Å². The Hall–Kier alpha value is -2.58. The van der Waals surface area contributed by atoms with Crippen molar-refractivity contribution in [3.8, 4) is 11.5 Å². The molecule has 0 bridgehead atoms. The fourth-order valence-electron chi connectivity index (χ4n) is 3.38. The summed E-state index contributed by atoms with van der Waals surface area (Å²) in [6.45, 7) is 2.75. The van der Waals surface area contributed by atoms with Crippen LogP contribution in [-0.2, 0) is 14.8 Å². The predicted molar refractivity (Wildman–Crippen MR) is 116 cm³/mol. The van der Waals surface area contributed by atoms with Crippen molar-refractivity contribution in [3.63, 3.8) is 0 Å². The van der Waals surface area contributed by atoms with E-state index in [9.17, 15) is 13.2 Å². The highest BCUT2D eigenvalue weighted by atomic mass is 32.2. The van der Waals surface area contributed by atoms with E-state index >= 15 is 0 Å². The van der Waals surface area contributed by atoms with E-state index in [0.717, 1.165) is 24.9 Å². The second-order valence-corrected chi connectivity index (χ2v) is 9.27. The lowest BCUT2D eigenvalue weighted by Crippen LogP contribution is -2.35. The standard InChI is InChI=1S/C22H28N2O5S/c1-17-15-20(30(26,27)24-13-5-4-6-14-24)11-12-21(17)29-16-22(25)23(2)18-7-9-19(28-3)10-8-18/h7-12,15H,4-6,13-14,16H2,1-3H3. The first-order chi connectivity index (χ1) is 14.3. The number of aryl methyl sites for hydroxylation is 1. The number of sulfonamides is 1. The van der Waals surface area contributed by atoms with Gasteiger partial charge < -0.3 is 14.4 Å². The van der Waals surface area contributed by atoms with Crippen molar-refractivity contribution in [1.82, 2.24) is 4.31 Å². The number of nitrogens with zero attached hydrogens (tertiary/aromatic N) is 2. The first-order valence-corrected chi connectivity index (χ1v) is 11.4. The van der Waals surface area contributed by atoms with E-state index in [-0.39, 0.29) is 17.4 Å². The Morgan fingerprint density at radius 3 is 2.33 bits per heavy atom. The van der Waals surface area contributed by atoms with Crippen LogP contribution in [0.25, 0.3) is 0 Å². The molecule has 30 heavy (non-hydrogen) atoms. The van der Waals surface area contributed by atoms with E-state index < -0.39 is 10.0 Å². The topological polar surface area (TPSA) is 76.1 Å². The number of likely N-dealkylation sites (N-methyl/N-ethyl adjacent to an activating group) is 1. The Morgan fingerprint density at radius 1 is 1.07 bits per heavy atom. The van der Waals surface area contributed by atoms with Gasteiger partial charge in [-0.3, -0.25) is 4.79 Å². The number of hydrogen-bond acceptors (Lipinski definition) is 5. The summed E-state index contributed by atoms with van der Waals surface area (Å²) in [5.74, 6) is 0.986. The zero-order chi connectivity index (χ0) is 21.7. The molecule has 0 radical (unpaired) electrons. The third-order valence-corrected chi connectivity index (χ3v) is 7.18. The minimum Gasteiger partial charge on any atom is -0.497 e. The molecule has 1 amide bonds. The molecule has 0 aliphatic carbocycles. The lowest BCUT2D eigenvalue weighted by atomic mass is 10.2. The molecule has 7 nitrogen and oxygen atoms in total. The van der Waals surface area contributed by atoms with Crippen LogP contribution in [0, 0.1) is 6.92 Å². The summed E-state index contributed by atoms with van der Waals surface area (Å²) in [5.41, 5.74) is 1.40. The third-order valence-electron chi connectivity index (χ3n) is 5.28. The molecule has 8 heteroatoms. The second-order valence-electron chi connectivity index (χ2n) is 7.33. The van der Waals surface area contributed by atoms with Crippen LogP contribution in [0.1, 0.15) is 24.8 Å². The van der Waals surface area contributed by atoms with Gasteiger partial charge in [-0.15, -0.1) is 0 Å². The summed E-state index contributed by atoms with van der Waals surface area (Å²) >= 11 is 0. The van der Waals surface area contributed by atoms with Crippen molar-refractivity contribution in [2.75, 3.05) is 38.8 Å². The van der Waals surface area contributed by atoms with Gasteiger partial charge in [0.15, 0.2) is 6.61 Å². The maximum atomic E-state index is 12.8. The van der Waals surface area contributed by atoms with Crippen LogP contribution in [0.3, 0.4) is 0 Å². The summed E-state index contributed by atoms with van der Waals surface area (Å²) in [5, 5.41) is 0. The first kappa shape index (κ1) is 22.1. The van der Waals surface area contributed by atoms with Crippen LogP contribution in [0.5, 0.6) is 11.5 Å². The van der Waals surface area contributed by atoms with Gasteiger partial charge in [-0.2, -0.15) is 4.31 Å². The second kappa shape index (κ2) is 9.49. The highest BCUT2D eigenvalue weighted by molar-refractivity contribution is 7.89. The van der Waals surface area contributed by atoms with Crippen molar-refractivity contribution < 1.29 is 22.7 Å². The molecule has 1 aliphatic rings. The summed E-state index contributed by atoms with van der Waals surface area (Å²) in [6.07, 6.45) is 2.85. The van der Waals surface area contributed by atoms with Crippen LogP contribution < -0.4 is 14.4 Å². The molecule has 1 heterocycles. The fraction of sp³-hybridized carbons (Fsp3) is 0.409. The van der Waals surface area contributed by atoms with E-state index in [1.807, 2.05) is 0 Å². The lowest BCUT2D eigenvalue weighted by molar-refractivity contribution is -0.120. The minimum absolute atomic E-state index is 0.151. The Morgan fingerprint density at radius 2 is 1.73 bits per heavy atom. The van der Waals surface area contributed by atoms with Crippen molar-refractivity contribution in [3.05, 3.63) is 48.0 Å². The number of benzene rings is 2. The number of anilines is 1. The number of ether oxygens (including phenoxy) is 2. The number of hydrogen-bond donors (Lipinski definition) is 0. The average Bonchev–Trinajstić information content (AvgIpc) is 2.78. The summed E-state index contributed by atoms with van der Waals surface area (Å²) < 4.78 is 38.0. The number of carbonyl (C=O) groups is 1. The van der Waals surface area contributed by atoms with E-state index in [4.69, 9.17) is 9.47 Å². The molecule has 1 saturated heterocycles. The zero-order valence-electron chi connectivity index (χ0n) is 17.6. The smallest absolute Gasteiger partial charge is 0.264 e. The van der Waals surface area contributed by atoms with Gasteiger partial charge in [-0.1, -0.05) is 6.42 Å². The third kappa shape index (κ3) is 4.94. The van der Waals surface area contributed by atoms with Gasteiger partial charge in [0.1, 0.15) is 11.5 Å². The minimum atomic E-state index is -3.50. The molecule has 0 unspecified atom stereocenters. The molecule has 0 atom stereocenters. The molecule has 0 aromatic heterocycles. The van der Waals surface area contributed by atoms with Gasteiger partial charge in [-0.05, 0) is 67.8 Å². The summed E-state index contributed by atoms with van der Waals surface area (Å²) in [7, 11) is -0.234. The summed E-state index contributed by atoms with van der Waals surface area (Å²) in [4.78, 5) is 14.2. The normalized spacial score (nSPS) is 14.9. The molecule has 1 aliphatic heterocycles. The Labute approximate surface area is 178 Å². The van der Waals surface area contributed by atoms with Gasteiger partial charge in [0.05, 0.1) is 12.0 Å². The SMILES string of the molecule is COc1ccc(N(C)C(=O)COc2ccc(S(=O)(=O)N3CCCCC3)cc2C)cc1. The van der Waals surface area contributed by atoms with Gasteiger partial charge in [0, 0.05) is 25.8 Å². The Kier molecular flexibility index (Phi) is 6.99. The van der Waals surface area contributed by atoms with Crippen molar-refractivity contribution in [1.29, 1.82) is 0 Å². The van der Waals surface area contributed by atoms with Crippen LogP contribution >= 0.6 is 0 Å². The van der Waals surface area contributed by atoms with Crippen LogP contribution in [0.2, 0.25) is 0 Å². The number of carbonyl (C=O) groups excluding carboxylic acids is 1. The molecule has 162 valence electrons. The van der Waals surface area contributed by atoms with Crippen molar-refractivity contribution in [2.24, 2.45) is 0 Å². The van der Waals surface area contributed by atoms with E-state index in [1.54, 1.807) is 67.9 Å². The highest BCUT2D eigenvalue weighted by Crippen LogP contribution is 2.26. The van der Waals surface area contributed by atoms with E-state index in [1.165, 1.54) is 4.90 Å². The van der Waals surface area contributed by atoms with Gasteiger partial charge >= 0.3 is 0 Å². The first-order valence-electron chi connectivity index (χ1n) is 9.97. The van der Waals surface area contributed by atoms with Crippen LogP contribution in [0.4, 0.5) is 5.69 Å². The highest BCUT2D eigenvalue weighted by Gasteiger charge is 2.26. The number of piperidine rings is 1. The van der Waals surface area contributed by atoms with Crippen LogP contribution in [0.15, 0.2) is 47.4 Å². The van der Waals surface area contributed by atoms with Crippen molar-refractivity contribution in [2.45, 2.75) is 31.1 Å². The van der Waals surface area contributed by atoms with Gasteiger partial charge in [-0.25, -0.2) is 8.42 Å². The van der Waals surface area contributed by atoms with Gasteiger partial charge in [0.25, 0.3) is 5.91 Å². The van der Waals surface area contributed by atoms with Gasteiger partial charge in [0.2, 0.25) is 10.0 Å². The van der Waals surface area contributed by atoms with E-state index in [2.05, 4.69) is 0 Å². The fourth-order valence-corrected chi connectivity index (χ4v) is 4.99. The Balaban J connectivity index is 1.64. The Bertz CT molecular complexity index is 983. The number of methoxy groups -OCH3 is 1. The molecule has 0 spiro atoms. The average molecular weight is 433 g/mol. The quantitative estimate of drug-likeness (QED) is 0.672. The molecular formula is C22H28N2O5S. The molecule has 2 aromatic rings. The monoisotopic (exact) mass is 432 g/mol. The molecular weight excluding hydrogens is 404 g/mol. The molecule has 0 saturated carbocycles. The van der Waals surface area contributed by atoms with Crippen LogP contribution in [-0.4, -0.2) is 52.5 Å². The maximum Gasteiger partial charge on any atom is 0.264 e. The zero-order valence-corrected chi connectivity index (χ0v) is 18.4. The predicted octanol–water partition coefficient (Wildman–Crippen LogP) is 3.22. The lowest BCUT2D eigenvalue weighted by Gasteiger charge is -2.26. The molecule has 3 rings (SSSR count). The molecule has 0 N–H and O–H groups in total. The molecule has 2 aromatic carbocycles. The molecule has 1 fully saturated rings.